The number of nitrogens with zero attached hydrogens (tertiary/aromatic N) is 1. The van der Waals surface area contributed by atoms with Crippen LogP contribution in [-0.4, -0.2) is 16.2 Å². The van der Waals surface area contributed by atoms with Gasteiger partial charge in [-0.3, -0.25) is 4.98 Å². The SMILES string of the molecule is CC(C)CC(O)Cc1cnccc1N. The van der Waals surface area contributed by atoms with Crippen molar-refractivity contribution in [3.8, 4) is 0 Å². The Morgan fingerprint density at radius 3 is 2.79 bits per heavy atom. The first-order chi connectivity index (χ1) is 6.59. The lowest BCUT2D eigenvalue weighted by Gasteiger charge is -2.13. The monoisotopic (exact) mass is 194 g/mol. The Morgan fingerprint density at radius 1 is 1.50 bits per heavy atom. The van der Waals surface area contributed by atoms with E-state index in [0.717, 1.165) is 12.0 Å². The second-order valence-electron chi connectivity index (χ2n) is 4.06. The van der Waals surface area contributed by atoms with E-state index in [0.29, 0.717) is 18.0 Å². The Balaban J connectivity index is 2.56. The third kappa shape index (κ3) is 3.34. The quantitative estimate of drug-likeness (QED) is 0.765. The summed E-state index contributed by atoms with van der Waals surface area (Å²) in [5.74, 6) is 0.503. The van der Waals surface area contributed by atoms with Crippen LogP contribution < -0.4 is 5.73 Å². The van der Waals surface area contributed by atoms with Gasteiger partial charge in [-0.2, -0.15) is 0 Å². The Hall–Kier alpha value is -1.09. The van der Waals surface area contributed by atoms with Gasteiger partial charge in [0.25, 0.3) is 0 Å². The summed E-state index contributed by atoms with van der Waals surface area (Å²) < 4.78 is 0. The van der Waals surface area contributed by atoms with Crippen LogP contribution in [0, 0.1) is 5.92 Å². The molecule has 0 aliphatic rings. The van der Waals surface area contributed by atoms with E-state index in [1.807, 2.05) is 0 Å². The van der Waals surface area contributed by atoms with E-state index in [2.05, 4.69) is 18.8 Å². The summed E-state index contributed by atoms with van der Waals surface area (Å²) in [4.78, 5) is 3.99. The van der Waals surface area contributed by atoms with E-state index >= 15 is 0 Å². The van der Waals surface area contributed by atoms with Crippen LogP contribution in [0.1, 0.15) is 25.8 Å². The van der Waals surface area contributed by atoms with Crippen molar-refractivity contribution in [2.24, 2.45) is 5.92 Å². The smallest absolute Gasteiger partial charge is 0.0584 e. The largest absolute Gasteiger partial charge is 0.398 e. The zero-order valence-corrected chi connectivity index (χ0v) is 8.77. The molecule has 0 aromatic carbocycles. The molecule has 0 radical (unpaired) electrons. The first kappa shape index (κ1) is 11.0. The van der Waals surface area contributed by atoms with Gasteiger partial charge in [0.15, 0.2) is 0 Å². The Bertz CT molecular complexity index is 286. The highest BCUT2D eigenvalue weighted by molar-refractivity contribution is 5.44. The van der Waals surface area contributed by atoms with Crippen molar-refractivity contribution < 1.29 is 5.11 Å². The highest BCUT2D eigenvalue weighted by Gasteiger charge is 2.09. The molecule has 0 saturated heterocycles. The minimum Gasteiger partial charge on any atom is -0.398 e. The number of aliphatic hydroxyl groups excluding tert-OH is 1. The molecule has 1 rings (SSSR count). The fourth-order valence-electron chi connectivity index (χ4n) is 1.49. The molecule has 1 heterocycles. The lowest BCUT2D eigenvalue weighted by atomic mass is 10.00. The van der Waals surface area contributed by atoms with Crippen LogP contribution in [0.5, 0.6) is 0 Å². The van der Waals surface area contributed by atoms with Crippen LogP contribution in [0.3, 0.4) is 0 Å². The highest BCUT2D eigenvalue weighted by Crippen LogP contribution is 2.14. The van der Waals surface area contributed by atoms with Gasteiger partial charge in [-0.05, 0) is 24.0 Å². The first-order valence-electron chi connectivity index (χ1n) is 4.96. The third-order valence-electron chi connectivity index (χ3n) is 2.14. The number of nitrogens with two attached hydrogens (primary N) is 1. The molecule has 0 saturated carbocycles. The molecule has 0 fully saturated rings. The maximum atomic E-state index is 9.71. The zero-order valence-electron chi connectivity index (χ0n) is 8.77. The standard InChI is InChI=1S/C11H18N2O/c1-8(2)5-10(14)6-9-7-13-4-3-11(9)12/h3-4,7-8,10,14H,5-6H2,1-2H3,(H2,12,13). The molecule has 1 aromatic rings. The van der Waals surface area contributed by atoms with Gasteiger partial charge in [0.1, 0.15) is 0 Å². The molecule has 3 heteroatoms. The van der Waals surface area contributed by atoms with Crippen LogP contribution in [0.4, 0.5) is 5.69 Å². The summed E-state index contributed by atoms with van der Waals surface area (Å²) in [5, 5.41) is 9.71. The van der Waals surface area contributed by atoms with Crippen molar-refractivity contribution in [1.29, 1.82) is 0 Å². The summed E-state index contributed by atoms with van der Waals surface area (Å²) in [6.45, 7) is 4.19. The number of hydrogen-bond acceptors (Lipinski definition) is 3. The van der Waals surface area contributed by atoms with E-state index in [9.17, 15) is 5.11 Å². The average molecular weight is 194 g/mol. The molecule has 0 spiro atoms. The van der Waals surface area contributed by atoms with Gasteiger partial charge >= 0.3 is 0 Å². The summed E-state index contributed by atoms with van der Waals surface area (Å²) in [5.41, 5.74) is 7.39. The lowest BCUT2D eigenvalue weighted by molar-refractivity contribution is 0.149. The van der Waals surface area contributed by atoms with Gasteiger partial charge in [0, 0.05) is 24.5 Å². The summed E-state index contributed by atoms with van der Waals surface area (Å²) >= 11 is 0. The van der Waals surface area contributed by atoms with Crippen LogP contribution in [0.2, 0.25) is 0 Å². The van der Waals surface area contributed by atoms with Crippen LogP contribution in [0.15, 0.2) is 18.5 Å². The minimum atomic E-state index is -0.318. The normalized spacial score (nSPS) is 13.1. The molecule has 0 amide bonds. The molecule has 3 N–H and O–H groups in total. The van der Waals surface area contributed by atoms with Crippen LogP contribution >= 0.6 is 0 Å². The maximum absolute atomic E-state index is 9.71. The zero-order chi connectivity index (χ0) is 10.6. The summed E-state index contributed by atoms with van der Waals surface area (Å²) in [6.07, 6.45) is 4.46. The van der Waals surface area contributed by atoms with Crippen molar-refractivity contribution in [3.05, 3.63) is 24.0 Å². The van der Waals surface area contributed by atoms with Crippen molar-refractivity contribution in [3.63, 3.8) is 0 Å². The Labute approximate surface area is 85.0 Å². The first-order valence-corrected chi connectivity index (χ1v) is 4.96. The Kier molecular flexibility index (Phi) is 3.89. The number of hydrogen-bond donors (Lipinski definition) is 2. The number of aliphatic hydroxyl groups is 1. The molecule has 0 aliphatic carbocycles. The molecule has 1 unspecified atom stereocenters. The van der Waals surface area contributed by atoms with Crippen molar-refractivity contribution in [2.45, 2.75) is 32.8 Å². The average Bonchev–Trinajstić information content (AvgIpc) is 2.07. The fraction of sp³-hybridized carbons (Fsp3) is 0.545. The molecular weight excluding hydrogens is 176 g/mol. The van der Waals surface area contributed by atoms with Gasteiger partial charge in [0.2, 0.25) is 0 Å². The predicted octanol–water partition coefficient (Wildman–Crippen LogP) is 1.61. The minimum absolute atomic E-state index is 0.318. The van der Waals surface area contributed by atoms with Crippen molar-refractivity contribution in [2.75, 3.05) is 5.73 Å². The predicted molar refractivity (Wildman–Crippen MR) is 57.8 cm³/mol. The third-order valence-corrected chi connectivity index (χ3v) is 2.14. The second kappa shape index (κ2) is 4.96. The van der Waals surface area contributed by atoms with Gasteiger partial charge in [-0.25, -0.2) is 0 Å². The Morgan fingerprint density at radius 2 is 2.21 bits per heavy atom. The van der Waals surface area contributed by atoms with E-state index in [-0.39, 0.29) is 6.10 Å². The van der Waals surface area contributed by atoms with Crippen molar-refractivity contribution in [1.82, 2.24) is 4.98 Å². The van der Waals surface area contributed by atoms with Gasteiger partial charge in [0.05, 0.1) is 6.10 Å². The highest BCUT2D eigenvalue weighted by atomic mass is 16.3. The molecule has 1 aromatic heterocycles. The van der Waals surface area contributed by atoms with E-state index in [4.69, 9.17) is 5.73 Å². The number of rotatable bonds is 4. The molecule has 78 valence electrons. The molecular formula is C11H18N2O. The van der Waals surface area contributed by atoms with Crippen LogP contribution in [0.25, 0.3) is 0 Å². The lowest BCUT2D eigenvalue weighted by Crippen LogP contribution is -2.14. The van der Waals surface area contributed by atoms with E-state index < -0.39 is 0 Å². The molecule has 3 nitrogen and oxygen atoms in total. The topological polar surface area (TPSA) is 59.1 Å². The molecule has 14 heavy (non-hydrogen) atoms. The van der Waals surface area contributed by atoms with Crippen molar-refractivity contribution >= 4 is 5.69 Å². The van der Waals surface area contributed by atoms with Crippen LogP contribution in [-0.2, 0) is 6.42 Å². The van der Waals surface area contributed by atoms with E-state index in [1.165, 1.54) is 0 Å². The molecule has 0 aliphatic heterocycles. The summed E-state index contributed by atoms with van der Waals surface area (Å²) in [7, 11) is 0. The molecule has 0 bridgehead atoms. The summed E-state index contributed by atoms with van der Waals surface area (Å²) in [6, 6.07) is 1.76. The molecule has 1 atom stereocenters. The van der Waals surface area contributed by atoms with E-state index in [1.54, 1.807) is 18.5 Å². The van der Waals surface area contributed by atoms with Gasteiger partial charge in [-0.1, -0.05) is 13.8 Å². The second-order valence-corrected chi connectivity index (χ2v) is 4.06. The maximum Gasteiger partial charge on any atom is 0.0584 e. The number of aromatic nitrogens is 1. The number of nitrogen functional groups attached to an aromatic ring is 1. The fourth-order valence-corrected chi connectivity index (χ4v) is 1.49. The van der Waals surface area contributed by atoms with Gasteiger partial charge < -0.3 is 10.8 Å². The number of pyridine rings is 1. The van der Waals surface area contributed by atoms with Gasteiger partial charge in [-0.15, -0.1) is 0 Å². The number of anilines is 1.